The van der Waals surface area contributed by atoms with Gasteiger partial charge in [0.25, 0.3) is 0 Å². The molecule has 0 amide bonds. The van der Waals surface area contributed by atoms with Gasteiger partial charge in [0.2, 0.25) is 0 Å². The maximum atomic E-state index is 13.6. The van der Waals surface area contributed by atoms with Crippen LogP contribution in [0.25, 0.3) is 0 Å². The van der Waals surface area contributed by atoms with Crippen molar-refractivity contribution in [3.63, 3.8) is 0 Å². The average Bonchev–Trinajstić information content (AvgIpc) is 2.40. The third-order valence-corrected chi connectivity index (χ3v) is 7.69. The van der Waals surface area contributed by atoms with E-state index >= 15 is 0 Å². The molecule has 2 saturated heterocycles. The molecule has 2 aliphatic rings. The minimum atomic E-state index is -3.06. The average molecular weight is 310 g/mol. The zero-order chi connectivity index (χ0) is 15.2. The number of Topliss-reactive ketones (excluding diaryl/α,β-unsaturated/α-hetero) is 1. The molecule has 2 atom stereocenters. The van der Waals surface area contributed by atoms with E-state index in [2.05, 4.69) is 0 Å². The molecule has 0 spiro atoms. The number of ketones is 1. The van der Waals surface area contributed by atoms with Crippen molar-refractivity contribution in [2.75, 3.05) is 0 Å². The Hall–Kier alpha value is -1.23. The van der Waals surface area contributed by atoms with E-state index in [9.17, 15) is 17.6 Å². The third kappa shape index (κ3) is 2.41. The smallest absolute Gasteiger partial charge is 0.166 e. The van der Waals surface area contributed by atoms with Crippen LogP contribution in [0.3, 0.4) is 0 Å². The molecule has 2 fully saturated rings. The van der Waals surface area contributed by atoms with E-state index in [1.807, 2.05) is 0 Å². The molecule has 0 radical (unpaired) electrons. The molecular weight excluding hydrogens is 291 g/mol. The van der Waals surface area contributed by atoms with E-state index in [4.69, 9.17) is 0 Å². The van der Waals surface area contributed by atoms with Crippen LogP contribution >= 0.6 is 0 Å². The lowest BCUT2D eigenvalue weighted by Gasteiger charge is -2.38. The van der Waals surface area contributed by atoms with Gasteiger partial charge in [0, 0.05) is 11.5 Å². The van der Waals surface area contributed by atoms with Crippen LogP contribution in [0.1, 0.15) is 48.0 Å². The van der Waals surface area contributed by atoms with Crippen LogP contribution in [-0.4, -0.2) is 24.7 Å². The largest absolute Gasteiger partial charge is 0.294 e. The number of hydrogen-bond acceptors (Lipinski definition) is 3. The van der Waals surface area contributed by atoms with E-state index in [1.54, 1.807) is 13.0 Å². The molecule has 2 bridgehead atoms. The summed E-state index contributed by atoms with van der Waals surface area (Å²) in [4.78, 5) is 12.7. The summed E-state index contributed by atoms with van der Waals surface area (Å²) in [7, 11) is -3.06. The number of halogens is 1. The molecule has 3 nitrogen and oxygen atoms in total. The molecule has 0 aliphatic carbocycles. The monoisotopic (exact) mass is 310 g/mol. The molecule has 3 rings (SSSR count). The highest BCUT2D eigenvalue weighted by molar-refractivity contribution is 7.92. The predicted octanol–water partition coefficient (Wildman–Crippen LogP) is 3.06. The fourth-order valence-corrected chi connectivity index (χ4v) is 6.25. The van der Waals surface area contributed by atoms with Crippen molar-refractivity contribution >= 4 is 15.6 Å². The van der Waals surface area contributed by atoms with E-state index in [0.29, 0.717) is 36.8 Å². The first kappa shape index (κ1) is 14.7. The van der Waals surface area contributed by atoms with Crippen molar-refractivity contribution in [3.05, 3.63) is 35.1 Å². The van der Waals surface area contributed by atoms with Gasteiger partial charge in [-0.25, -0.2) is 12.8 Å². The maximum Gasteiger partial charge on any atom is 0.166 e. The number of hydrogen-bond donors (Lipinski definition) is 0. The van der Waals surface area contributed by atoms with E-state index in [1.165, 1.54) is 12.1 Å². The molecule has 0 N–H and O–H groups in total. The standard InChI is InChI=1S/C16H19FO3S/c1-10-14(6-3-7-15(10)17)16(18)11-8-12-4-2-5-13(9-11)21(12,19)20/h3,6-7,11-13H,2,4-5,8-9H2,1H3. The molecule has 1 aromatic carbocycles. The van der Waals surface area contributed by atoms with Crippen molar-refractivity contribution in [2.45, 2.75) is 49.5 Å². The molecule has 21 heavy (non-hydrogen) atoms. The Kier molecular flexibility index (Phi) is 3.64. The molecular formula is C16H19FO3S. The van der Waals surface area contributed by atoms with Crippen LogP contribution in [-0.2, 0) is 9.84 Å². The zero-order valence-corrected chi connectivity index (χ0v) is 12.8. The topological polar surface area (TPSA) is 51.2 Å². The van der Waals surface area contributed by atoms with Crippen LogP contribution in [0.2, 0.25) is 0 Å². The minimum absolute atomic E-state index is 0.0983. The lowest BCUT2D eigenvalue weighted by atomic mass is 9.83. The van der Waals surface area contributed by atoms with Crippen molar-refractivity contribution in [2.24, 2.45) is 5.92 Å². The van der Waals surface area contributed by atoms with Crippen molar-refractivity contribution in [1.29, 1.82) is 0 Å². The van der Waals surface area contributed by atoms with Gasteiger partial charge in [0.05, 0.1) is 10.5 Å². The summed E-state index contributed by atoms with van der Waals surface area (Å²) < 4.78 is 38.1. The SMILES string of the molecule is Cc1c(F)cccc1C(=O)C1CC2CCCC(C1)S2(=O)=O. The van der Waals surface area contributed by atoms with Crippen LogP contribution < -0.4 is 0 Å². The number of sulfone groups is 1. The predicted molar refractivity (Wildman–Crippen MR) is 78.5 cm³/mol. The molecule has 0 saturated carbocycles. The van der Waals surface area contributed by atoms with Crippen LogP contribution in [0.15, 0.2) is 18.2 Å². The van der Waals surface area contributed by atoms with E-state index in [0.717, 1.165) is 6.42 Å². The Labute approximate surface area is 124 Å². The Balaban J connectivity index is 1.89. The Bertz CT molecular complexity index is 661. The van der Waals surface area contributed by atoms with Crippen molar-refractivity contribution in [3.8, 4) is 0 Å². The fraction of sp³-hybridized carbons (Fsp3) is 0.562. The van der Waals surface area contributed by atoms with Gasteiger partial charge in [0.15, 0.2) is 15.6 Å². The summed E-state index contributed by atoms with van der Waals surface area (Å²) in [6.45, 7) is 1.60. The van der Waals surface area contributed by atoms with Crippen LogP contribution in [0.4, 0.5) is 4.39 Å². The first-order valence-electron chi connectivity index (χ1n) is 7.43. The minimum Gasteiger partial charge on any atom is -0.294 e. The fourth-order valence-electron chi connectivity index (χ4n) is 3.72. The summed E-state index contributed by atoms with van der Waals surface area (Å²) in [5.41, 5.74) is 0.762. The van der Waals surface area contributed by atoms with E-state index < -0.39 is 9.84 Å². The van der Waals surface area contributed by atoms with Crippen LogP contribution in [0.5, 0.6) is 0 Å². The molecule has 2 aliphatic heterocycles. The number of fused-ring (bicyclic) bond motifs is 2. The van der Waals surface area contributed by atoms with Gasteiger partial charge in [-0.1, -0.05) is 18.6 Å². The highest BCUT2D eigenvalue weighted by Gasteiger charge is 2.46. The molecule has 1 aromatic rings. The van der Waals surface area contributed by atoms with Gasteiger partial charge in [-0.15, -0.1) is 0 Å². The normalized spacial score (nSPS) is 30.9. The Morgan fingerprint density at radius 3 is 2.43 bits per heavy atom. The molecule has 5 heteroatoms. The first-order chi connectivity index (χ1) is 9.91. The Morgan fingerprint density at radius 1 is 1.19 bits per heavy atom. The molecule has 0 aromatic heterocycles. The second kappa shape index (κ2) is 5.20. The summed E-state index contributed by atoms with van der Waals surface area (Å²) in [6, 6.07) is 4.52. The van der Waals surface area contributed by atoms with Gasteiger partial charge in [0.1, 0.15) is 5.82 Å². The molecule has 114 valence electrons. The molecule has 2 unspecified atom stereocenters. The number of carbonyl (C=O) groups excluding carboxylic acids is 1. The second-order valence-corrected chi connectivity index (χ2v) is 8.72. The second-order valence-electron chi connectivity index (χ2n) is 6.21. The number of rotatable bonds is 2. The zero-order valence-electron chi connectivity index (χ0n) is 12.0. The van der Waals surface area contributed by atoms with Crippen molar-refractivity contribution in [1.82, 2.24) is 0 Å². The van der Waals surface area contributed by atoms with E-state index in [-0.39, 0.29) is 28.0 Å². The lowest BCUT2D eigenvalue weighted by molar-refractivity contribution is 0.0893. The highest BCUT2D eigenvalue weighted by atomic mass is 32.2. The first-order valence-corrected chi connectivity index (χ1v) is 9.04. The lowest BCUT2D eigenvalue weighted by Crippen LogP contribution is -2.45. The number of carbonyl (C=O) groups is 1. The van der Waals surface area contributed by atoms with Crippen LogP contribution in [0, 0.1) is 18.7 Å². The summed E-state index contributed by atoms with van der Waals surface area (Å²) in [6.07, 6.45) is 3.03. The van der Waals surface area contributed by atoms with Gasteiger partial charge >= 0.3 is 0 Å². The van der Waals surface area contributed by atoms with Crippen molar-refractivity contribution < 1.29 is 17.6 Å². The van der Waals surface area contributed by atoms with Gasteiger partial charge in [-0.05, 0) is 44.2 Å². The summed E-state index contributed by atoms with van der Waals surface area (Å²) in [5.74, 6) is -0.771. The maximum absolute atomic E-state index is 13.6. The molecule has 2 heterocycles. The van der Waals surface area contributed by atoms with Gasteiger partial charge in [-0.2, -0.15) is 0 Å². The Morgan fingerprint density at radius 2 is 1.81 bits per heavy atom. The summed E-state index contributed by atoms with van der Waals surface area (Å²) >= 11 is 0. The summed E-state index contributed by atoms with van der Waals surface area (Å²) in [5, 5.41) is -0.763. The third-order valence-electron chi connectivity index (χ3n) is 4.98. The highest BCUT2D eigenvalue weighted by Crippen LogP contribution is 2.40. The van der Waals surface area contributed by atoms with Gasteiger partial charge < -0.3 is 0 Å². The van der Waals surface area contributed by atoms with Gasteiger partial charge in [-0.3, -0.25) is 4.79 Å². The number of benzene rings is 1. The quantitative estimate of drug-likeness (QED) is 0.789.